The molecule has 0 atom stereocenters. The first-order valence-electron chi connectivity index (χ1n) is 7.01. The second-order valence-electron chi connectivity index (χ2n) is 5.10. The molecular weight excluding hydrogens is 256 g/mol. The molecule has 0 aliphatic heterocycles. The van der Waals surface area contributed by atoms with Crippen molar-refractivity contribution in [2.75, 3.05) is 11.5 Å². The average molecular weight is 274 g/mol. The highest BCUT2D eigenvalue weighted by Crippen LogP contribution is 2.37. The van der Waals surface area contributed by atoms with E-state index in [9.17, 15) is 0 Å². The number of rotatable bonds is 3. The van der Waals surface area contributed by atoms with Crippen LogP contribution >= 0.6 is 0 Å². The van der Waals surface area contributed by atoms with E-state index in [0.717, 1.165) is 22.5 Å². The Kier molecular flexibility index (Phi) is 3.61. The quantitative estimate of drug-likeness (QED) is 0.559. The summed E-state index contributed by atoms with van der Waals surface area (Å²) >= 11 is 0. The van der Waals surface area contributed by atoms with Gasteiger partial charge in [0.1, 0.15) is 0 Å². The van der Waals surface area contributed by atoms with Gasteiger partial charge in [-0.1, -0.05) is 66.7 Å². The summed E-state index contributed by atoms with van der Waals surface area (Å²) in [4.78, 5) is 0. The topological polar surface area (TPSA) is 52.0 Å². The fourth-order valence-electron chi connectivity index (χ4n) is 2.72. The molecule has 0 aliphatic carbocycles. The van der Waals surface area contributed by atoms with E-state index in [-0.39, 0.29) is 5.92 Å². The Bertz CT molecular complexity index is 690. The Hall–Kier alpha value is -2.74. The van der Waals surface area contributed by atoms with Crippen LogP contribution in [0.5, 0.6) is 0 Å². The summed E-state index contributed by atoms with van der Waals surface area (Å²) in [5.41, 5.74) is 17.3. The number of benzene rings is 3. The van der Waals surface area contributed by atoms with Crippen molar-refractivity contribution >= 4 is 11.4 Å². The monoisotopic (exact) mass is 274 g/mol. The maximum Gasteiger partial charge on any atom is 0.0380 e. The van der Waals surface area contributed by atoms with Gasteiger partial charge < -0.3 is 11.5 Å². The van der Waals surface area contributed by atoms with Crippen molar-refractivity contribution in [3.8, 4) is 0 Å². The molecule has 21 heavy (non-hydrogen) atoms. The van der Waals surface area contributed by atoms with E-state index < -0.39 is 0 Å². The minimum Gasteiger partial charge on any atom is -0.398 e. The first-order chi connectivity index (χ1) is 10.3. The van der Waals surface area contributed by atoms with Crippen LogP contribution in [0.2, 0.25) is 0 Å². The van der Waals surface area contributed by atoms with Crippen LogP contribution < -0.4 is 11.5 Å². The Morgan fingerprint density at radius 2 is 0.952 bits per heavy atom. The van der Waals surface area contributed by atoms with E-state index >= 15 is 0 Å². The van der Waals surface area contributed by atoms with Gasteiger partial charge in [0.2, 0.25) is 0 Å². The third-order valence-electron chi connectivity index (χ3n) is 3.75. The van der Waals surface area contributed by atoms with Crippen molar-refractivity contribution in [1.29, 1.82) is 0 Å². The molecule has 2 nitrogen and oxygen atoms in total. The van der Waals surface area contributed by atoms with Crippen LogP contribution in [-0.4, -0.2) is 0 Å². The summed E-state index contributed by atoms with van der Waals surface area (Å²) in [5.74, 6) is 0.0496. The third kappa shape index (κ3) is 2.61. The van der Waals surface area contributed by atoms with E-state index in [1.165, 1.54) is 5.56 Å². The summed E-state index contributed by atoms with van der Waals surface area (Å²) in [6, 6.07) is 26.3. The van der Waals surface area contributed by atoms with Gasteiger partial charge in [0.25, 0.3) is 0 Å². The zero-order valence-corrected chi connectivity index (χ0v) is 11.7. The van der Waals surface area contributed by atoms with E-state index in [0.29, 0.717) is 0 Å². The second-order valence-corrected chi connectivity index (χ2v) is 5.10. The number of hydrogen-bond acceptors (Lipinski definition) is 2. The molecule has 3 aromatic rings. The first-order valence-corrected chi connectivity index (χ1v) is 7.01. The SMILES string of the molecule is Nc1ccccc1C(c1ccccc1)c1ccccc1N. The molecule has 0 saturated heterocycles. The summed E-state index contributed by atoms with van der Waals surface area (Å²) in [6.07, 6.45) is 0. The summed E-state index contributed by atoms with van der Waals surface area (Å²) in [6.45, 7) is 0. The van der Waals surface area contributed by atoms with Crippen molar-refractivity contribution in [2.45, 2.75) is 5.92 Å². The van der Waals surface area contributed by atoms with Crippen LogP contribution in [0, 0.1) is 0 Å². The molecule has 0 unspecified atom stereocenters. The lowest BCUT2D eigenvalue weighted by Crippen LogP contribution is -2.08. The molecule has 0 heterocycles. The fraction of sp³-hybridized carbons (Fsp3) is 0.0526. The van der Waals surface area contributed by atoms with Gasteiger partial charge in [0.05, 0.1) is 0 Å². The van der Waals surface area contributed by atoms with Crippen molar-refractivity contribution in [3.63, 3.8) is 0 Å². The normalized spacial score (nSPS) is 10.7. The van der Waals surface area contributed by atoms with Gasteiger partial charge in [-0.15, -0.1) is 0 Å². The van der Waals surface area contributed by atoms with Gasteiger partial charge in [-0.2, -0.15) is 0 Å². The largest absolute Gasteiger partial charge is 0.398 e. The average Bonchev–Trinajstić information content (AvgIpc) is 2.52. The smallest absolute Gasteiger partial charge is 0.0380 e. The third-order valence-corrected chi connectivity index (χ3v) is 3.75. The summed E-state index contributed by atoms with van der Waals surface area (Å²) in [5, 5.41) is 0. The van der Waals surface area contributed by atoms with E-state index in [2.05, 4.69) is 24.3 Å². The molecular formula is C19H18N2. The number of nitrogens with two attached hydrogens (primary N) is 2. The number of hydrogen-bond donors (Lipinski definition) is 2. The lowest BCUT2D eigenvalue weighted by Gasteiger charge is -2.21. The molecule has 3 rings (SSSR count). The summed E-state index contributed by atoms with van der Waals surface area (Å²) < 4.78 is 0. The van der Waals surface area contributed by atoms with Crippen molar-refractivity contribution < 1.29 is 0 Å². The highest BCUT2D eigenvalue weighted by molar-refractivity contribution is 5.61. The molecule has 0 aliphatic rings. The maximum absolute atomic E-state index is 6.21. The van der Waals surface area contributed by atoms with Crippen LogP contribution in [0.4, 0.5) is 11.4 Å². The highest BCUT2D eigenvalue weighted by Gasteiger charge is 2.20. The summed E-state index contributed by atoms with van der Waals surface area (Å²) in [7, 11) is 0. The van der Waals surface area contributed by atoms with E-state index in [1.54, 1.807) is 0 Å². The lowest BCUT2D eigenvalue weighted by atomic mass is 9.83. The lowest BCUT2D eigenvalue weighted by molar-refractivity contribution is 0.984. The predicted molar refractivity (Wildman–Crippen MR) is 89.1 cm³/mol. The molecule has 2 heteroatoms. The van der Waals surface area contributed by atoms with Gasteiger partial charge in [-0.05, 0) is 28.8 Å². The minimum atomic E-state index is 0.0496. The molecule has 0 fully saturated rings. The van der Waals surface area contributed by atoms with E-state index in [1.807, 2.05) is 54.6 Å². The molecule has 0 aromatic heterocycles. The molecule has 0 saturated carbocycles. The number of nitrogen functional groups attached to an aromatic ring is 2. The molecule has 0 spiro atoms. The van der Waals surface area contributed by atoms with Gasteiger partial charge in [-0.25, -0.2) is 0 Å². The predicted octanol–water partition coefficient (Wildman–Crippen LogP) is 4.03. The molecule has 3 aromatic carbocycles. The van der Waals surface area contributed by atoms with Gasteiger partial charge in [0, 0.05) is 17.3 Å². The first kappa shape index (κ1) is 13.3. The standard InChI is InChI=1S/C19H18N2/c20-17-12-6-4-10-15(17)19(14-8-2-1-3-9-14)16-11-5-7-13-18(16)21/h1-13,19H,20-21H2. The Morgan fingerprint density at radius 1 is 0.524 bits per heavy atom. The van der Waals surface area contributed by atoms with Crippen LogP contribution in [0.25, 0.3) is 0 Å². The van der Waals surface area contributed by atoms with Crippen molar-refractivity contribution in [2.24, 2.45) is 0 Å². The van der Waals surface area contributed by atoms with E-state index in [4.69, 9.17) is 11.5 Å². The van der Waals surface area contributed by atoms with Crippen LogP contribution in [0.3, 0.4) is 0 Å². The second kappa shape index (κ2) is 5.71. The zero-order valence-electron chi connectivity index (χ0n) is 11.7. The zero-order chi connectivity index (χ0) is 14.7. The molecule has 0 radical (unpaired) electrons. The van der Waals surface area contributed by atoms with Crippen molar-refractivity contribution in [1.82, 2.24) is 0 Å². The number of para-hydroxylation sites is 2. The minimum absolute atomic E-state index is 0.0496. The molecule has 0 amide bonds. The molecule has 4 N–H and O–H groups in total. The maximum atomic E-state index is 6.21. The van der Waals surface area contributed by atoms with Gasteiger partial charge in [-0.3, -0.25) is 0 Å². The highest BCUT2D eigenvalue weighted by atomic mass is 14.6. The van der Waals surface area contributed by atoms with Crippen LogP contribution in [0.15, 0.2) is 78.9 Å². The van der Waals surface area contributed by atoms with Gasteiger partial charge in [0.15, 0.2) is 0 Å². The van der Waals surface area contributed by atoms with Crippen LogP contribution in [-0.2, 0) is 0 Å². The van der Waals surface area contributed by atoms with Crippen LogP contribution in [0.1, 0.15) is 22.6 Å². The van der Waals surface area contributed by atoms with Gasteiger partial charge >= 0.3 is 0 Å². The Morgan fingerprint density at radius 3 is 1.43 bits per heavy atom. The molecule has 104 valence electrons. The van der Waals surface area contributed by atoms with Crippen molar-refractivity contribution in [3.05, 3.63) is 95.6 Å². The Labute approximate surface area is 125 Å². The molecule has 0 bridgehead atoms. The number of anilines is 2. The Balaban J connectivity index is 2.22. The fourth-order valence-corrected chi connectivity index (χ4v) is 2.72.